The van der Waals surface area contributed by atoms with E-state index in [2.05, 4.69) is 6.92 Å². The number of hydrogen-bond donors (Lipinski definition) is 0. The molecule has 0 radical (unpaired) electrons. The summed E-state index contributed by atoms with van der Waals surface area (Å²) in [5.74, 6) is 0. The topological polar surface area (TPSA) is 29.5 Å². The fraction of sp³-hybridized carbons (Fsp3) is 0.917. The van der Waals surface area contributed by atoms with Gasteiger partial charge in [0.15, 0.2) is 0 Å². The van der Waals surface area contributed by atoms with Gasteiger partial charge in [-0.25, -0.2) is 4.79 Å². The van der Waals surface area contributed by atoms with Gasteiger partial charge in [-0.15, -0.1) is 0 Å². The molecule has 0 aromatic carbocycles. The molecule has 3 heteroatoms. The first-order valence-electron chi connectivity index (χ1n) is 5.93. The molecule has 0 aliphatic carbocycles. The number of likely N-dealkylation sites (tertiary alicyclic amines) is 1. The Morgan fingerprint density at radius 1 is 1.47 bits per heavy atom. The Labute approximate surface area is 92.8 Å². The number of carbonyl (C=O) groups excluding carboxylic acids is 1. The van der Waals surface area contributed by atoms with Crippen LogP contribution in [0.4, 0.5) is 4.79 Å². The molecule has 3 nitrogen and oxygen atoms in total. The maximum absolute atomic E-state index is 11.7. The summed E-state index contributed by atoms with van der Waals surface area (Å²) >= 11 is 0. The van der Waals surface area contributed by atoms with Crippen molar-refractivity contribution >= 4 is 6.09 Å². The first-order chi connectivity index (χ1) is 6.94. The van der Waals surface area contributed by atoms with Gasteiger partial charge in [-0.2, -0.15) is 0 Å². The third kappa shape index (κ3) is 3.73. The normalized spacial score (nSPS) is 21.1. The maximum atomic E-state index is 11.7. The van der Waals surface area contributed by atoms with E-state index in [1.54, 1.807) is 0 Å². The zero-order valence-corrected chi connectivity index (χ0v) is 10.4. The van der Waals surface area contributed by atoms with Crippen LogP contribution in [0, 0.1) is 0 Å². The van der Waals surface area contributed by atoms with Crippen LogP contribution < -0.4 is 0 Å². The van der Waals surface area contributed by atoms with Crippen molar-refractivity contribution in [2.45, 2.75) is 65.0 Å². The Kier molecular flexibility index (Phi) is 4.00. The second kappa shape index (κ2) is 4.86. The highest BCUT2D eigenvalue weighted by Crippen LogP contribution is 2.24. The summed E-state index contributed by atoms with van der Waals surface area (Å²) in [6, 6.07) is 0.430. The van der Waals surface area contributed by atoms with E-state index in [0.29, 0.717) is 6.04 Å². The Hall–Kier alpha value is -0.730. The van der Waals surface area contributed by atoms with Crippen molar-refractivity contribution in [3.8, 4) is 0 Å². The van der Waals surface area contributed by atoms with Gasteiger partial charge in [-0.3, -0.25) is 0 Å². The predicted octanol–water partition coefficient (Wildman–Crippen LogP) is 3.19. The van der Waals surface area contributed by atoms with E-state index in [1.165, 1.54) is 12.8 Å². The van der Waals surface area contributed by atoms with Gasteiger partial charge in [0.25, 0.3) is 0 Å². The molecule has 88 valence electrons. The van der Waals surface area contributed by atoms with Crippen molar-refractivity contribution in [1.82, 2.24) is 4.90 Å². The summed E-state index contributed by atoms with van der Waals surface area (Å²) in [6.45, 7) is 8.77. The molecule has 1 fully saturated rings. The Bertz CT molecular complexity index is 220. The molecular weight excluding hydrogens is 190 g/mol. The van der Waals surface area contributed by atoms with Gasteiger partial charge in [0, 0.05) is 12.6 Å². The second-order valence-corrected chi connectivity index (χ2v) is 5.26. The zero-order valence-electron chi connectivity index (χ0n) is 10.4. The number of nitrogens with zero attached hydrogens (tertiary/aromatic N) is 1. The van der Waals surface area contributed by atoms with Crippen LogP contribution in [0.15, 0.2) is 0 Å². The lowest BCUT2D eigenvalue weighted by Crippen LogP contribution is -2.52. The van der Waals surface area contributed by atoms with E-state index in [9.17, 15) is 4.79 Å². The van der Waals surface area contributed by atoms with Gasteiger partial charge >= 0.3 is 6.09 Å². The molecule has 0 aromatic heterocycles. The van der Waals surface area contributed by atoms with Gasteiger partial charge in [-0.1, -0.05) is 19.8 Å². The van der Waals surface area contributed by atoms with E-state index < -0.39 is 0 Å². The summed E-state index contributed by atoms with van der Waals surface area (Å²) in [5.41, 5.74) is -0.373. The molecule has 1 rings (SSSR count). The lowest BCUT2D eigenvalue weighted by atomic mass is 9.98. The van der Waals surface area contributed by atoms with Crippen molar-refractivity contribution in [3.63, 3.8) is 0 Å². The molecule has 15 heavy (non-hydrogen) atoms. The number of unbranched alkanes of at least 4 members (excludes halogenated alkanes) is 1. The van der Waals surface area contributed by atoms with E-state index >= 15 is 0 Å². The van der Waals surface area contributed by atoms with Gasteiger partial charge in [0.2, 0.25) is 0 Å². The van der Waals surface area contributed by atoms with E-state index in [-0.39, 0.29) is 11.7 Å². The lowest BCUT2D eigenvalue weighted by molar-refractivity contribution is -0.00697. The Morgan fingerprint density at radius 3 is 2.53 bits per heavy atom. The smallest absolute Gasteiger partial charge is 0.410 e. The molecule has 0 aromatic rings. The summed E-state index contributed by atoms with van der Waals surface area (Å²) in [5, 5.41) is 0. The van der Waals surface area contributed by atoms with E-state index in [0.717, 1.165) is 19.4 Å². The first-order valence-corrected chi connectivity index (χ1v) is 5.93. The van der Waals surface area contributed by atoms with Crippen LogP contribution in [-0.2, 0) is 4.74 Å². The van der Waals surface area contributed by atoms with Crippen LogP contribution in [-0.4, -0.2) is 29.2 Å². The molecule has 1 unspecified atom stereocenters. The molecule has 1 saturated heterocycles. The molecule has 0 spiro atoms. The minimum atomic E-state index is -0.373. The van der Waals surface area contributed by atoms with Gasteiger partial charge in [0.05, 0.1) is 0 Å². The van der Waals surface area contributed by atoms with E-state index in [4.69, 9.17) is 4.74 Å². The lowest BCUT2D eigenvalue weighted by Gasteiger charge is -2.41. The highest BCUT2D eigenvalue weighted by Gasteiger charge is 2.34. The average Bonchev–Trinajstić information content (AvgIpc) is 1.98. The standard InChI is InChI=1S/C12H23NO2/c1-5-6-7-10-8-9-13(10)11(14)15-12(2,3)4/h10H,5-9H2,1-4H3. The third-order valence-electron chi connectivity index (χ3n) is 2.66. The molecular formula is C12H23NO2. The van der Waals surface area contributed by atoms with Crippen molar-refractivity contribution in [1.29, 1.82) is 0 Å². The largest absolute Gasteiger partial charge is 0.444 e. The molecule has 1 amide bonds. The number of ether oxygens (including phenoxy) is 1. The highest BCUT2D eigenvalue weighted by atomic mass is 16.6. The monoisotopic (exact) mass is 213 g/mol. The minimum absolute atomic E-state index is 0.144. The molecule has 0 bridgehead atoms. The van der Waals surface area contributed by atoms with Crippen molar-refractivity contribution in [3.05, 3.63) is 0 Å². The summed E-state index contributed by atoms with van der Waals surface area (Å²) in [7, 11) is 0. The van der Waals surface area contributed by atoms with Crippen LogP contribution >= 0.6 is 0 Å². The zero-order chi connectivity index (χ0) is 11.5. The molecule has 1 heterocycles. The predicted molar refractivity (Wildman–Crippen MR) is 60.9 cm³/mol. The molecule has 1 aliphatic heterocycles. The maximum Gasteiger partial charge on any atom is 0.410 e. The minimum Gasteiger partial charge on any atom is -0.444 e. The number of amides is 1. The van der Waals surface area contributed by atoms with Crippen molar-refractivity contribution < 1.29 is 9.53 Å². The first kappa shape index (κ1) is 12.3. The average molecular weight is 213 g/mol. The summed E-state index contributed by atoms with van der Waals surface area (Å²) in [4.78, 5) is 13.6. The van der Waals surface area contributed by atoms with Crippen LogP contribution in [0.25, 0.3) is 0 Å². The molecule has 0 N–H and O–H groups in total. The van der Waals surface area contributed by atoms with Gasteiger partial charge in [0.1, 0.15) is 5.60 Å². The number of carbonyl (C=O) groups is 1. The fourth-order valence-corrected chi connectivity index (χ4v) is 1.74. The number of hydrogen-bond acceptors (Lipinski definition) is 2. The highest BCUT2D eigenvalue weighted by molar-refractivity contribution is 5.69. The quantitative estimate of drug-likeness (QED) is 0.720. The van der Waals surface area contributed by atoms with E-state index in [1.807, 2.05) is 25.7 Å². The fourth-order valence-electron chi connectivity index (χ4n) is 1.74. The number of rotatable bonds is 3. The summed E-state index contributed by atoms with van der Waals surface area (Å²) in [6.07, 6.45) is 4.51. The third-order valence-corrected chi connectivity index (χ3v) is 2.66. The van der Waals surface area contributed by atoms with Crippen LogP contribution in [0.3, 0.4) is 0 Å². The van der Waals surface area contributed by atoms with Gasteiger partial charge in [-0.05, 0) is 33.6 Å². The molecule has 1 atom stereocenters. The van der Waals surface area contributed by atoms with Crippen LogP contribution in [0.5, 0.6) is 0 Å². The molecule has 0 saturated carbocycles. The van der Waals surface area contributed by atoms with Crippen molar-refractivity contribution in [2.24, 2.45) is 0 Å². The van der Waals surface area contributed by atoms with Gasteiger partial charge < -0.3 is 9.64 Å². The Morgan fingerprint density at radius 2 is 2.13 bits per heavy atom. The SMILES string of the molecule is CCCCC1CCN1C(=O)OC(C)(C)C. The molecule has 1 aliphatic rings. The van der Waals surface area contributed by atoms with Crippen LogP contribution in [0.1, 0.15) is 53.4 Å². The summed E-state index contributed by atoms with van der Waals surface area (Å²) < 4.78 is 5.34. The van der Waals surface area contributed by atoms with Crippen LogP contribution in [0.2, 0.25) is 0 Å². The van der Waals surface area contributed by atoms with Crippen molar-refractivity contribution in [2.75, 3.05) is 6.54 Å². The second-order valence-electron chi connectivity index (χ2n) is 5.26. The Balaban J connectivity index is 2.34.